The zero-order chi connectivity index (χ0) is 19.4. The zero-order valence-electron chi connectivity index (χ0n) is 16.2. The highest BCUT2D eigenvalue weighted by Crippen LogP contribution is 2.46. The molecular formula is C19H31NO6. The second kappa shape index (κ2) is 8.48. The van der Waals surface area contributed by atoms with E-state index in [0.717, 1.165) is 19.3 Å². The lowest BCUT2D eigenvalue weighted by atomic mass is 9.76. The zero-order valence-corrected chi connectivity index (χ0v) is 16.2. The quantitative estimate of drug-likeness (QED) is 0.308. The Kier molecular flexibility index (Phi) is 6.80. The van der Waals surface area contributed by atoms with Gasteiger partial charge in [-0.05, 0) is 40.0 Å². The Morgan fingerprint density at radius 2 is 2.00 bits per heavy atom. The summed E-state index contributed by atoms with van der Waals surface area (Å²) >= 11 is 0. The molecule has 3 atom stereocenters. The van der Waals surface area contributed by atoms with Gasteiger partial charge in [0.25, 0.3) is 0 Å². The van der Waals surface area contributed by atoms with Gasteiger partial charge < -0.3 is 14.2 Å². The molecular weight excluding hydrogens is 338 g/mol. The number of ether oxygens (including phenoxy) is 3. The van der Waals surface area contributed by atoms with Crippen molar-refractivity contribution >= 4 is 5.97 Å². The summed E-state index contributed by atoms with van der Waals surface area (Å²) in [5.41, 5.74) is -1.66. The van der Waals surface area contributed by atoms with Crippen molar-refractivity contribution in [1.82, 2.24) is 0 Å². The average molecular weight is 369 g/mol. The van der Waals surface area contributed by atoms with Crippen molar-refractivity contribution in [2.75, 3.05) is 13.2 Å². The normalized spacial score (nSPS) is 29.0. The van der Waals surface area contributed by atoms with E-state index in [1.165, 1.54) is 6.08 Å². The molecule has 1 saturated heterocycles. The van der Waals surface area contributed by atoms with E-state index in [-0.39, 0.29) is 29.5 Å². The van der Waals surface area contributed by atoms with Gasteiger partial charge in [0, 0.05) is 35.7 Å². The number of hydrogen-bond donors (Lipinski definition) is 0. The highest BCUT2D eigenvalue weighted by atomic mass is 16.7. The van der Waals surface area contributed by atoms with Crippen molar-refractivity contribution in [3.63, 3.8) is 0 Å². The van der Waals surface area contributed by atoms with Gasteiger partial charge in [0.2, 0.25) is 5.54 Å². The Balaban J connectivity index is 2.09. The number of esters is 1. The molecule has 0 N–H and O–H groups in total. The minimum absolute atomic E-state index is 0.0712. The molecule has 1 heterocycles. The van der Waals surface area contributed by atoms with E-state index in [0.29, 0.717) is 19.6 Å². The topological polar surface area (TPSA) is 87.9 Å². The van der Waals surface area contributed by atoms with Gasteiger partial charge in [-0.15, -0.1) is 0 Å². The number of nitro groups is 1. The summed E-state index contributed by atoms with van der Waals surface area (Å²) in [5.74, 6) is -0.695. The Morgan fingerprint density at radius 3 is 2.58 bits per heavy atom. The molecule has 0 radical (unpaired) electrons. The number of carbonyl (C=O) groups is 1. The molecule has 7 heteroatoms. The van der Waals surface area contributed by atoms with Crippen molar-refractivity contribution in [3.05, 3.63) is 22.3 Å². The summed E-state index contributed by atoms with van der Waals surface area (Å²) in [5, 5.41) is 12.0. The lowest BCUT2D eigenvalue weighted by Crippen LogP contribution is -2.48. The van der Waals surface area contributed by atoms with Gasteiger partial charge in [0.1, 0.15) is 5.60 Å². The van der Waals surface area contributed by atoms with Crippen molar-refractivity contribution in [3.8, 4) is 0 Å². The molecule has 0 spiro atoms. The molecule has 0 amide bonds. The maximum Gasteiger partial charge on any atom is 0.330 e. The van der Waals surface area contributed by atoms with Crippen LogP contribution in [0.4, 0.5) is 0 Å². The fourth-order valence-corrected chi connectivity index (χ4v) is 4.08. The van der Waals surface area contributed by atoms with E-state index in [9.17, 15) is 14.9 Å². The van der Waals surface area contributed by atoms with Crippen molar-refractivity contribution in [1.29, 1.82) is 0 Å². The van der Waals surface area contributed by atoms with E-state index < -0.39 is 17.1 Å². The fourth-order valence-electron chi connectivity index (χ4n) is 4.08. The van der Waals surface area contributed by atoms with Gasteiger partial charge in [-0.1, -0.05) is 13.0 Å². The van der Waals surface area contributed by atoms with Gasteiger partial charge in [-0.2, -0.15) is 0 Å². The summed E-state index contributed by atoms with van der Waals surface area (Å²) in [4.78, 5) is 23.7. The lowest BCUT2D eigenvalue weighted by Gasteiger charge is -2.36. The summed E-state index contributed by atoms with van der Waals surface area (Å²) in [6.45, 7) is 8.60. The number of carbonyl (C=O) groups excluding carboxylic acids is 1. The molecule has 0 unspecified atom stereocenters. The third-order valence-corrected chi connectivity index (χ3v) is 5.23. The van der Waals surface area contributed by atoms with Crippen LogP contribution in [0.5, 0.6) is 0 Å². The molecule has 0 aromatic carbocycles. The molecule has 2 aliphatic rings. The summed E-state index contributed by atoms with van der Waals surface area (Å²) in [6, 6.07) is 0. The van der Waals surface area contributed by atoms with E-state index in [2.05, 4.69) is 0 Å². The lowest BCUT2D eigenvalue weighted by molar-refractivity contribution is -0.580. The Labute approximate surface area is 155 Å². The van der Waals surface area contributed by atoms with E-state index in [1.807, 2.05) is 6.92 Å². The first kappa shape index (κ1) is 20.8. The second-order valence-electron chi connectivity index (χ2n) is 8.32. The molecule has 1 aliphatic carbocycles. The molecule has 26 heavy (non-hydrogen) atoms. The van der Waals surface area contributed by atoms with Gasteiger partial charge in [0.15, 0.2) is 6.29 Å². The summed E-state index contributed by atoms with van der Waals surface area (Å²) in [6.07, 6.45) is 5.64. The molecule has 1 aliphatic heterocycles. The van der Waals surface area contributed by atoms with Gasteiger partial charge >= 0.3 is 5.97 Å². The van der Waals surface area contributed by atoms with E-state index in [1.54, 1.807) is 26.8 Å². The van der Waals surface area contributed by atoms with Crippen LogP contribution in [-0.2, 0) is 19.0 Å². The third-order valence-electron chi connectivity index (χ3n) is 5.23. The minimum Gasteiger partial charge on any atom is -0.457 e. The van der Waals surface area contributed by atoms with Crippen LogP contribution in [0.2, 0.25) is 0 Å². The highest BCUT2D eigenvalue weighted by molar-refractivity contribution is 5.82. The SMILES string of the molecule is C[C@H](C1OCCCO1)[C@@H]1CCC[C@]1(C/C=C/C(=O)OC(C)(C)C)[N+](=O)[O-]. The molecule has 0 bridgehead atoms. The number of rotatable bonds is 6. The molecule has 2 fully saturated rings. The first-order valence-corrected chi connectivity index (χ1v) is 9.43. The Morgan fingerprint density at radius 1 is 1.35 bits per heavy atom. The predicted molar refractivity (Wildman–Crippen MR) is 96.1 cm³/mol. The smallest absolute Gasteiger partial charge is 0.330 e. The van der Waals surface area contributed by atoms with Crippen LogP contribution in [0.25, 0.3) is 0 Å². The Hall–Kier alpha value is -1.47. The maximum atomic E-state index is 12.0. The summed E-state index contributed by atoms with van der Waals surface area (Å²) in [7, 11) is 0. The molecule has 0 aromatic rings. The van der Waals surface area contributed by atoms with Crippen molar-refractivity contribution in [2.45, 2.75) is 77.2 Å². The predicted octanol–water partition coefficient (Wildman–Crippen LogP) is 3.49. The molecule has 148 valence electrons. The molecule has 7 nitrogen and oxygen atoms in total. The maximum absolute atomic E-state index is 12.0. The minimum atomic E-state index is -1.08. The van der Waals surface area contributed by atoms with Crippen LogP contribution in [0.15, 0.2) is 12.2 Å². The molecule has 0 aromatic heterocycles. The second-order valence-corrected chi connectivity index (χ2v) is 8.32. The molecule has 1 saturated carbocycles. The first-order chi connectivity index (χ1) is 12.2. The van der Waals surface area contributed by atoms with Gasteiger partial charge in [0.05, 0.1) is 13.2 Å². The van der Waals surface area contributed by atoms with Crippen molar-refractivity contribution in [2.24, 2.45) is 11.8 Å². The molecule has 2 rings (SSSR count). The average Bonchev–Trinajstić information content (AvgIpc) is 2.98. The van der Waals surface area contributed by atoms with Gasteiger partial charge in [-0.25, -0.2) is 4.79 Å². The van der Waals surface area contributed by atoms with Crippen LogP contribution in [0.1, 0.15) is 59.8 Å². The van der Waals surface area contributed by atoms with Crippen LogP contribution < -0.4 is 0 Å². The Bertz CT molecular complexity index is 535. The first-order valence-electron chi connectivity index (χ1n) is 9.43. The fraction of sp³-hybridized carbons (Fsp3) is 0.842. The van der Waals surface area contributed by atoms with E-state index in [4.69, 9.17) is 14.2 Å². The van der Waals surface area contributed by atoms with Gasteiger partial charge in [-0.3, -0.25) is 10.1 Å². The largest absolute Gasteiger partial charge is 0.457 e. The standard InChI is InChI=1S/C19H31NO6/c1-14(17-24-12-7-13-25-17)15-8-5-10-19(15,20(22)23)11-6-9-16(21)26-18(2,3)4/h6,9,14-15,17H,5,7-8,10-13H2,1-4H3/b9-6+/t14-,15-,19+/m0/s1. The monoisotopic (exact) mass is 369 g/mol. The van der Waals surface area contributed by atoms with Crippen LogP contribution >= 0.6 is 0 Å². The summed E-state index contributed by atoms with van der Waals surface area (Å²) < 4.78 is 16.6. The van der Waals surface area contributed by atoms with Crippen molar-refractivity contribution < 1.29 is 23.9 Å². The van der Waals surface area contributed by atoms with Crippen LogP contribution in [-0.4, -0.2) is 41.5 Å². The van der Waals surface area contributed by atoms with E-state index >= 15 is 0 Å². The number of nitrogens with zero attached hydrogens (tertiary/aromatic N) is 1. The van der Waals surface area contributed by atoms with Crippen LogP contribution in [0, 0.1) is 22.0 Å². The highest BCUT2D eigenvalue weighted by Gasteiger charge is 2.56. The third kappa shape index (κ3) is 5.04. The number of hydrogen-bond acceptors (Lipinski definition) is 6. The van der Waals surface area contributed by atoms with Crippen LogP contribution in [0.3, 0.4) is 0 Å².